The number of sulfonamides is 1. The summed E-state index contributed by atoms with van der Waals surface area (Å²) in [6.45, 7) is 4.16. The van der Waals surface area contributed by atoms with E-state index in [1.165, 1.54) is 30.3 Å². The van der Waals surface area contributed by atoms with Crippen molar-refractivity contribution in [3.05, 3.63) is 59.9 Å². The van der Waals surface area contributed by atoms with Crippen LogP contribution < -0.4 is 15.8 Å². The Morgan fingerprint density at radius 3 is 2.30 bits per heavy atom. The monoisotopic (exact) mass is 393 g/mol. The van der Waals surface area contributed by atoms with Crippen molar-refractivity contribution in [2.24, 2.45) is 5.73 Å². The third-order valence-corrected chi connectivity index (χ3v) is 6.00. The first-order valence-electron chi connectivity index (χ1n) is 8.66. The maximum atomic E-state index is 13.0. The van der Waals surface area contributed by atoms with Crippen LogP contribution in [0.1, 0.15) is 37.0 Å². The van der Waals surface area contributed by atoms with Gasteiger partial charge in [-0.1, -0.05) is 19.9 Å². The van der Waals surface area contributed by atoms with Gasteiger partial charge < -0.3 is 11.1 Å². The van der Waals surface area contributed by atoms with Crippen molar-refractivity contribution >= 4 is 21.6 Å². The Labute approximate surface area is 159 Å². The highest BCUT2D eigenvalue weighted by Gasteiger charge is 2.27. The fourth-order valence-corrected chi connectivity index (χ4v) is 3.72. The number of halogens is 1. The smallest absolute Gasteiger partial charge is 0.261 e. The molecule has 6 nitrogen and oxygen atoms in total. The Morgan fingerprint density at radius 1 is 1.11 bits per heavy atom. The average Bonchev–Trinajstić information content (AvgIpc) is 2.68. The second-order valence-corrected chi connectivity index (χ2v) is 7.97. The molecule has 0 spiro atoms. The minimum Gasteiger partial charge on any atom is -0.345 e. The molecule has 2 aromatic carbocycles. The van der Waals surface area contributed by atoms with Crippen LogP contribution in [0.25, 0.3) is 0 Å². The van der Waals surface area contributed by atoms with E-state index in [-0.39, 0.29) is 28.6 Å². The van der Waals surface area contributed by atoms with Gasteiger partial charge in [-0.05, 0) is 55.3 Å². The van der Waals surface area contributed by atoms with Crippen LogP contribution in [0.2, 0.25) is 0 Å². The molecule has 2 rings (SSSR count). The van der Waals surface area contributed by atoms with Gasteiger partial charge in [-0.3, -0.25) is 9.52 Å². The highest BCUT2D eigenvalue weighted by Crippen LogP contribution is 2.19. The van der Waals surface area contributed by atoms with Crippen LogP contribution in [-0.4, -0.2) is 26.4 Å². The van der Waals surface area contributed by atoms with Gasteiger partial charge in [0, 0.05) is 17.8 Å². The van der Waals surface area contributed by atoms with Crippen molar-refractivity contribution in [1.82, 2.24) is 5.32 Å². The number of amides is 1. The van der Waals surface area contributed by atoms with E-state index in [0.29, 0.717) is 12.8 Å². The van der Waals surface area contributed by atoms with E-state index in [9.17, 15) is 17.6 Å². The van der Waals surface area contributed by atoms with E-state index >= 15 is 0 Å². The number of carbonyl (C=O) groups is 1. The average molecular weight is 393 g/mol. The number of hydrogen-bond acceptors (Lipinski definition) is 4. The van der Waals surface area contributed by atoms with Crippen molar-refractivity contribution in [2.75, 3.05) is 11.3 Å². The molecule has 8 heteroatoms. The molecule has 0 fully saturated rings. The van der Waals surface area contributed by atoms with Gasteiger partial charge in [0.15, 0.2) is 0 Å². The Hall–Kier alpha value is -2.45. The summed E-state index contributed by atoms with van der Waals surface area (Å²) >= 11 is 0. The summed E-state index contributed by atoms with van der Waals surface area (Å²) in [5.74, 6) is -0.852. The number of benzene rings is 2. The lowest BCUT2D eigenvalue weighted by Crippen LogP contribution is -2.52. The quantitative estimate of drug-likeness (QED) is 0.642. The Morgan fingerprint density at radius 2 is 1.74 bits per heavy atom. The molecule has 0 bridgehead atoms. The molecule has 0 atom stereocenters. The Bertz CT molecular complexity index is 886. The molecule has 0 unspecified atom stereocenters. The molecule has 0 saturated heterocycles. The molecule has 0 aliphatic rings. The minimum absolute atomic E-state index is 0.0641. The van der Waals surface area contributed by atoms with Crippen LogP contribution in [-0.2, 0) is 10.0 Å². The standard InChI is InChI=1S/C19H24FN3O3S/c1-3-19(4-2,13-21)22-18(24)14-6-5-7-17(12-14)27(25,26)23-16-10-8-15(20)9-11-16/h5-12,23H,3-4,13,21H2,1-2H3,(H,22,24). The summed E-state index contributed by atoms with van der Waals surface area (Å²) < 4.78 is 40.5. The third-order valence-electron chi connectivity index (χ3n) is 4.63. The maximum absolute atomic E-state index is 13.0. The van der Waals surface area contributed by atoms with Gasteiger partial charge in [-0.25, -0.2) is 12.8 Å². The summed E-state index contributed by atoms with van der Waals surface area (Å²) in [7, 11) is -3.92. The topological polar surface area (TPSA) is 101 Å². The number of nitrogens with one attached hydrogen (secondary N) is 2. The molecule has 27 heavy (non-hydrogen) atoms. The molecule has 0 saturated carbocycles. The lowest BCUT2D eigenvalue weighted by molar-refractivity contribution is 0.0895. The van der Waals surface area contributed by atoms with Gasteiger partial charge >= 0.3 is 0 Å². The first-order valence-corrected chi connectivity index (χ1v) is 10.1. The van der Waals surface area contributed by atoms with E-state index in [2.05, 4.69) is 10.0 Å². The normalized spacial score (nSPS) is 11.9. The van der Waals surface area contributed by atoms with Gasteiger partial charge in [-0.15, -0.1) is 0 Å². The van der Waals surface area contributed by atoms with Crippen LogP contribution in [0.5, 0.6) is 0 Å². The number of carbonyl (C=O) groups excluding carboxylic acids is 1. The van der Waals surface area contributed by atoms with Crippen molar-refractivity contribution in [2.45, 2.75) is 37.1 Å². The molecule has 0 heterocycles. The van der Waals surface area contributed by atoms with Gasteiger partial charge in [0.25, 0.3) is 15.9 Å². The van der Waals surface area contributed by atoms with E-state index in [1.807, 2.05) is 13.8 Å². The van der Waals surface area contributed by atoms with Gasteiger partial charge in [0.05, 0.1) is 10.4 Å². The number of nitrogens with two attached hydrogens (primary N) is 1. The molecular formula is C19H24FN3O3S. The van der Waals surface area contributed by atoms with E-state index < -0.39 is 21.4 Å². The first-order chi connectivity index (χ1) is 12.7. The second-order valence-electron chi connectivity index (χ2n) is 6.29. The van der Waals surface area contributed by atoms with Crippen molar-refractivity contribution in [1.29, 1.82) is 0 Å². The highest BCUT2D eigenvalue weighted by atomic mass is 32.2. The minimum atomic E-state index is -3.92. The van der Waals surface area contributed by atoms with Crippen LogP contribution in [0, 0.1) is 5.82 Å². The van der Waals surface area contributed by atoms with E-state index in [0.717, 1.165) is 12.1 Å². The van der Waals surface area contributed by atoms with Gasteiger partial charge in [0.2, 0.25) is 0 Å². The summed E-state index contributed by atoms with van der Waals surface area (Å²) in [6.07, 6.45) is 1.33. The predicted octanol–water partition coefficient (Wildman–Crippen LogP) is 2.87. The molecule has 0 aliphatic carbocycles. The van der Waals surface area contributed by atoms with Crippen molar-refractivity contribution in [3.8, 4) is 0 Å². The lowest BCUT2D eigenvalue weighted by atomic mass is 9.92. The third kappa shape index (κ3) is 5.05. The molecule has 0 radical (unpaired) electrons. The highest BCUT2D eigenvalue weighted by molar-refractivity contribution is 7.92. The molecule has 4 N–H and O–H groups in total. The predicted molar refractivity (Wildman–Crippen MR) is 103 cm³/mol. The molecule has 146 valence electrons. The fourth-order valence-electron chi connectivity index (χ4n) is 2.62. The Balaban J connectivity index is 2.25. The van der Waals surface area contributed by atoms with Crippen LogP contribution >= 0.6 is 0 Å². The van der Waals surface area contributed by atoms with Crippen molar-refractivity contribution < 1.29 is 17.6 Å². The van der Waals surface area contributed by atoms with Crippen molar-refractivity contribution in [3.63, 3.8) is 0 Å². The summed E-state index contributed by atoms with van der Waals surface area (Å²) in [5, 5.41) is 2.91. The molecule has 0 aromatic heterocycles. The largest absolute Gasteiger partial charge is 0.345 e. The van der Waals surface area contributed by atoms with Crippen LogP contribution in [0.3, 0.4) is 0 Å². The fraction of sp³-hybridized carbons (Fsp3) is 0.316. The molecule has 1 amide bonds. The number of rotatable bonds is 8. The zero-order chi connectivity index (χ0) is 20.1. The van der Waals surface area contributed by atoms with Gasteiger partial charge in [-0.2, -0.15) is 0 Å². The number of anilines is 1. The second kappa shape index (κ2) is 8.49. The summed E-state index contributed by atoms with van der Waals surface area (Å²) in [4.78, 5) is 12.5. The summed E-state index contributed by atoms with van der Waals surface area (Å²) in [5.41, 5.74) is 5.72. The van der Waals surface area contributed by atoms with E-state index in [1.54, 1.807) is 6.07 Å². The van der Waals surface area contributed by atoms with Gasteiger partial charge in [0.1, 0.15) is 5.82 Å². The first kappa shape index (κ1) is 20.9. The zero-order valence-corrected chi connectivity index (χ0v) is 16.1. The molecule has 2 aromatic rings. The lowest BCUT2D eigenvalue weighted by Gasteiger charge is -2.31. The molecule has 0 aliphatic heterocycles. The Kier molecular flexibility index (Phi) is 6.56. The summed E-state index contributed by atoms with van der Waals surface area (Å²) in [6, 6.07) is 10.7. The van der Waals surface area contributed by atoms with E-state index in [4.69, 9.17) is 5.73 Å². The SMILES string of the molecule is CCC(CC)(CN)NC(=O)c1cccc(S(=O)(=O)Nc2ccc(F)cc2)c1. The van der Waals surface area contributed by atoms with Crippen LogP contribution in [0.4, 0.5) is 10.1 Å². The number of hydrogen-bond donors (Lipinski definition) is 3. The van der Waals surface area contributed by atoms with Crippen LogP contribution in [0.15, 0.2) is 53.4 Å². The molecular weight excluding hydrogens is 369 g/mol. The maximum Gasteiger partial charge on any atom is 0.261 e. The zero-order valence-electron chi connectivity index (χ0n) is 15.3.